The first kappa shape index (κ1) is 16.5. The van der Waals surface area contributed by atoms with Crippen molar-refractivity contribution in [2.75, 3.05) is 50.8 Å². The van der Waals surface area contributed by atoms with Gasteiger partial charge in [-0.2, -0.15) is 13.2 Å². The van der Waals surface area contributed by atoms with E-state index in [1.165, 1.54) is 12.3 Å². The highest BCUT2D eigenvalue weighted by Gasteiger charge is 2.36. The Morgan fingerprint density at radius 3 is 2.48 bits per heavy atom. The maximum absolute atomic E-state index is 13.1. The van der Waals surface area contributed by atoms with Crippen molar-refractivity contribution >= 4 is 5.82 Å². The maximum Gasteiger partial charge on any atom is 0.419 e. The van der Waals surface area contributed by atoms with Gasteiger partial charge in [0.15, 0.2) is 0 Å². The number of hydrogen-bond donors (Lipinski definition) is 0. The fraction of sp³-hybridized carbons (Fsp3) is 0.688. The molecule has 0 aromatic carbocycles. The van der Waals surface area contributed by atoms with Crippen molar-refractivity contribution in [3.63, 3.8) is 0 Å². The van der Waals surface area contributed by atoms with Crippen molar-refractivity contribution in [2.24, 2.45) is 5.92 Å². The Labute approximate surface area is 134 Å². The molecule has 3 heterocycles. The Morgan fingerprint density at radius 2 is 1.83 bits per heavy atom. The van der Waals surface area contributed by atoms with E-state index in [0.29, 0.717) is 19.0 Å². The summed E-state index contributed by atoms with van der Waals surface area (Å²) in [4.78, 5) is 8.16. The van der Waals surface area contributed by atoms with Gasteiger partial charge in [-0.05, 0) is 30.9 Å². The molecule has 0 atom stereocenters. The summed E-state index contributed by atoms with van der Waals surface area (Å²) in [5.41, 5.74) is -0.633. The third-order valence-electron chi connectivity index (χ3n) is 4.63. The second kappa shape index (κ2) is 7.05. The number of alkyl halides is 3. The molecule has 3 rings (SSSR count). The van der Waals surface area contributed by atoms with Crippen LogP contribution in [-0.2, 0) is 10.9 Å². The minimum absolute atomic E-state index is 0.0739. The monoisotopic (exact) mass is 329 g/mol. The number of anilines is 1. The van der Waals surface area contributed by atoms with Gasteiger partial charge in [-0.25, -0.2) is 4.98 Å². The molecule has 1 aromatic heterocycles. The minimum atomic E-state index is -4.35. The van der Waals surface area contributed by atoms with Crippen LogP contribution in [0.15, 0.2) is 18.3 Å². The van der Waals surface area contributed by atoms with Crippen LogP contribution in [0.4, 0.5) is 19.0 Å². The molecule has 0 amide bonds. The van der Waals surface area contributed by atoms with Gasteiger partial charge in [-0.3, -0.25) is 4.90 Å². The number of hydrogen-bond acceptors (Lipinski definition) is 4. The first-order valence-corrected chi connectivity index (χ1v) is 8.11. The molecule has 2 fully saturated rings. The molecule has 0 saturated carbocycles. The topological polar surface area (TPSA) is 28.6 Å². The maximum atomic E-state index is 13.1. The van der Waals surface area contributed by atoms with E-state index in [1.54, 1.807) is 4.90 Å². The van der Waals surface area contributed by atoms with E-state index in [9.17, 15) is 13.2 Å². The van der Waals surface area contributed by atoms with Crippen LogP contribution < -0.4 is 4.90 Å². The van der Waals surface area contributed by atoms with Crippen LogP contribution in [0.3, 0.4) is 0 Å². The molecule has 0 radical (unpaired) electrons. The largest absolute Gasteiger partial charge is 0.419 e. The van der Waals surface area contributed by atoms with Crippen molar-refractivity contribution in [1.29, 1.82) is 0 Å². The van der Waals surface area contributed by atoms with E-state index in [0.717, 1.165) is 51.8 Å². The van der Waals surface area contributed by atoms with E-state index in [2.05, 4.69) is 9.88 Å². The van der Waals surface area contributed by atoms with Crippen LogP contribution in [0.25, 0.3) is 0 Å². The highest BCUT2D eigenvalue weighted by molar-refractivity contribution is 5.48. The average molecular weight is 329 g/mol. The summed E-state index contributed by atoms with van der Waals surface area (Å²) in [6.45, 7) is 5.76. The molecule has 7 heteroatoms. The van der Waals surface area contributed by atoms with Gasteiger partial charge in [0.25, 0.3) is 0 Å². The summed E-state index contributed by atoms with van der Waals surface area (Å²) in [7, 11) is 0. The molecule has 0 bridgehead atoms. The third kappa shape index (κ3) is 4.14. The molecule has 1 aromatic rings. The molecule has 0 N–H and O–H groups in total. The molecular formula is C16H22F3N3O. The van der Waals surface area contributed by atoms with Crippen molar-refractivity contribution in [3.8, 4) is 0 Å². The number of rotatable bonds is 3. The van der Waals surface area contributed by atoms with E-state index in [4.69, 9.17) is 4.74 Å². The zero-order valence-corrected chi connectivity index (χ0v) is 13.1. The number of piperidine rings is 1. The van der Waals surface area contributed by atoms with Crippen LogP contribution in [0, 0.1) is 5.92 Å². The highest BCUT2D eigenvalue weighted by atomic mass is 19.4. The number of aromatic nitrogens is 1. The Hall–Kier alpha value is -1.34. The van der Waals surface area contributed by atoms with E-state index >= 15 is 0 Å². The zero-order chi connectivity index (χ0) is 16.3. The Bertz CT molecular complexity index is 510. The summed E-state index contributed by atoms with van der Waals surface area (Å²) in [5, 5.41) is 0. The summed E-state index contributed by atoms with van der Waals surface area (Å²) in [5.74, 6) is 0.618. The summed E-state index contributed by atoms with van der Waals surface area (Å²) >= 11 is 0. The molecule has 4 nitrogen and oxygen atoms in total. The predicted octanol–water partition coefficient (Wildman–Crippen LogP) is 2.65. The van der Waals surface area contributed by atoms with Gasteiger partial charge in [0.1, 0.15) is 5.82 Å². The molecular weight excluding hydrogens is 307 g/mol. The van der Waals surface area contributed by atoms with E-state index < -0.39 is 11.7 Å². The van der Waals surface area contributed by atoms with Gasteiger partial charge < -0.3 is 9.64 Å². The van der Waals surface area contributed by atoms with Crippen molar-refractivity contribution < 1.29 is 17.9 Å². The Morgan fingerprint density at radius 1 is 1.13 bits per heavy atom. The third-order valence-corrected chi connectivity index (χ3v) is 4.63. The average Bonchev–Trinajstić information content (AvgIpc) is 2.56. The quantitative estimate of drug-likeness (QED) is 0.852. The fourth-order valence-electron chi connectivity index (χ4n) is 3.35. The molecule has 0 aliphatic carbocycles. The summed E-state index contributed by atoms with van der Waals surface area (Å²) < 4.78 is 44.7. The number of morpholine rings is 1. The summed E-state index contributed by atoms with van der Waals surface area (Å²) in [6.07, 6.45) is -1.10. The highest BCUT2D eigenvalue weighted by Crippen LogP contribution is 2.36. The molecule has 2 saturated heterocycles. The number of pyridine rings is 1. The van der Waals surface area contributed by atoms with Crippen LogP contribution >= 0.6 is 0 Å². The van der Waals surface area contributed by atoms with Crippen LogP contribution in [0.1, 0.15) is 18.4 Å². The molecule has 23 heavy (non-hydrogen) atoms. The van der Waals surface area contributed by atoms with Crippen molar-refractivity contribution in [3.05, 3.63) is 23.9 Å². The van der Waals surface area contributed by atoms with Gasteiger partial charge in [0, 0.05) is 38.9 Å². The lowest BCUT2D eigenvalue weighted by molar-refractivity contribution is -0.137. The van der Waals surface area contributed by atoms with Crippen molar-refractivity contribution in [1.82, 2.24) is 9.88 Å². The molecule has 0 spiro atoms. The van der Waals surface area contributed by atoms with Gasteiger partial charge in [-0.1, -0.05) is 0 Å². The fourth-order valence-corrected chi connectivity index (χ4v) is 3.35. The molecule has 0 unspecified atom stereocenters. The standard InChI is InChI=1S/C16H22F3N3O/c17-16(18,19)14-2-1-5-20-15(14)22-6-3-13(4-7-22)12-21-8-10-23-11-9-21/h1-2,5,13H,3-4,6-12H2. The normalized spacial score (nSPS) is 21.6. The van der Waals surface area contributed by atoms with Crippen LogP contribution in [0.5, 0.6) is 0 Å². The first-order valence-electron chi connectivity index (χ1n) is 8.11. The molecule has 2 aliphatic heterocycles. The van der Waals surface area contributed by atoms with Gasteiger partial charge in [-0.15, -0.1) is 0 Å². The molecule has 128 valence electrons. The van der Waals surface area contributed by atoms with Crippen LogP contribution in [0.2, 0.25) is 0 Å². The SMILES string of the molecule is FC(F)(F)c1cccnc1N1CCC(CN2CCOCC2)CC1. The zero-order valence-electron chi connectivity index (χ0n) is 13.1. The second-order valence-corrected chi connectivity index (χ2v) is 6.22. The van der Waals surface area contributed by atoms with Gasteiger partial charge >= 0.3 is 6.18 Å². The lowest BCUT2D eigenvalue weighted by Gasteiger charge is -2.37. The Kier molecular flexibility index (Phi) is 5.06. The number of ether oxygens (including phenoxy) is 1. The van der Waals surface area contributed by atoms with E-state index in [1.807, 2.05) is 0 Å². The van der Waals surface area contributed by atoms with E-state index in [-0.39, 0.29) is 5.82 Å². The summed E-state index contributed by atoms with van der Waals surface area (Å²) in [6, 6.07) is 2.46. The van der Waals surface area contributed by atoms with Crippen LogP contribution in [-0.4, -0.2) is 55.8 Å². The van der Waals surface area contributed by atoms with Crippen molar-refractivity contribution in [2.45, 2.75) is 19.0 Å². The second-order valence-electron chi connectivity index (χ2n) is 6.22. The lowest BCUT2D eigenvalue weighted by atomic mass is 9.95. The Balaban J connectivity index is 1.59. The minimum Gasteiger partial charge on any atom is -0.379 e. The predicted molar refractivity (Wildman–Crippen MR) is 81.4 cm³/mol. The number of halogens is 3. The smallest absolute Gasteiger partial charge is 0.379 e. The van der Waals surface area contributed by atoms with Gasteiger partial charge in [0.05, 0.1) is 18.8 Å². The lowest BCUT2D eigenvalue weighted by Crippen LogP contribution is -2.43. The molecule has 2 aliphatic rings. The number of nitrogens with zero attached hydrogens (tertiary/aromatic N) is 3. The first-order chi connectivity index (χ1) is 11.0. The van der Waals surface area contributed by atoms with Gasteiger partial charge in [0.2, 0.25) is 0 Å².